The van der Waals surface area contributed by atoms with Crippen LogP contribution < -0.4 is 10.1 Å². The van der Waals surface area contributed by atoms with E-state index in [1.165, 1.54) is 25.3 Å². The van der Waals surface area contributed by atoms with Crippen LogP contribution in [0.1, 0.15) is 23.2 Å². The van der Waals surface area contributed by atoms with Crippen molar-refractivity contribution < 1.29 is 19.6 Å². The first-order valence-corrected chi connectivity index (χ1v) is 5.82. The highest BCUT2D eigenvalue weighted by Gasteiger charge is 2.29. The average molecular weight is 266 g/mol. The van der Waals surface area contributed by atoms with E-state index >= 15 is 0 Å². The second kappa shape index (κ2) is 5.23. The molecule has 1 aliphatic rings. The number of nitrogens with one attached hydrogen (secondary N) is 1. The molecule has 1 aromatic carbocycles. The van der Waals surface area contributed by atoms with Crippen molar-refractivity contribution in [1.82, 2.24) is 5.32 Å². The Hall–Kier alpha value is -2.15. The van der Waals surface area contributed by atoms with E-state index in [0.29, 0.717) is 12.8 Å². The number of carbonyl (C=O) groups is 1. The average Bonchev–Trinajstić information content (AvgIpc) is 2.35. The lowest BCUT2D eigenvalue weighted by molar-refractivity contribution is -0.384. The summed E-state index contributed by atoms with van der Waals surface area (Å²) in [5.74, 6) is -0.199. The number of non-ortho nitro benzene ring substituents is 1. The fourth-order valence-corrected chi connectivity index (χ4v) is 1.95. The molecule has 7 nitrogen and oxygen atoms in total. The molecule has 102 valence electrons. The number of ether oxygens (including phenoxy) is 1. The normalized spacial score (nSPS) is 21.4. The molecule has 1 aliphatic carbocycles. The molecule has 7 heteroatoms. The second-order valence-electron chi connectivity index (χ2n) is 4.44. The van der Waals surface area contributed by atoms with Crippen LogP contribution in [0.25, 0.3) is 0 Å². The molecule has 0 radical (unpaired) electrons. The largest absolute Gasteiger partial charge is 0.496 e. The Morgan fingerprint density at radius 2 is 2.21 bits per heavy atom. The molecule has 1 fully saturated rings. The zero-order chi connectivity index (χ0) is 14.0. The summed E-state index contributed by atoms with van der Waals surface area (Å²) >= 11 is 0. The quantitative estimate of drug-likeness (QED) is 0.621. The van der Waals surface area contributed by atoms with Gasteiger partial charge in [0.1, 0.15) is 5.75 Å². The van der Waals surface area contributed by atoms with Gasteiger partial charge in [-0.2, -0.15) is 0 Å². The Labute approximate surface area is 109 Å². The fraction of sp³-hybridized carbons (Fsp3) is 0.417. The van der Waals surface area contributed by atoms with E-state index < -0.39 is 4.92 Å². The highest BCUT2D eigenvalue weighted by molar-refractivity contribution is 5.97. The van der Waals surface area contributed by atoms with Crippen LogP contribution in [-0.4, -0.2) is 35.2 Å². The molecule has 19 heavy (non-hydrogen) atoms. The van der Waals surface area contributed by atoms with Crippen LogP contribution >= 0.6 is 0 Å². The van der Waals surface area contributed by atoms with E-state index in [9.17, 15) is 14.9 Å². The molecule has 0 saturated heterocycles. The van der Waals surface area contributed by atoms with Gasteiger partial charge in [0.05, 0.1) is 29.8 Å². The summed E-state index contributed by atoms with van der Waals surface area (Å²) in [5.41, 5.74) is 0.113. The molecule has 1 saturated carbocycles. The van der Waals surface area contributed by atoms with E-state index in [1.54, 1.807) is 0 Å². The van der Waals surface area contributed by atoms with E-state index in [0.717, 1.165) is 0 Å². The maximum atomic E-state index is 12.0. The lowest BCUT2D eigenvalue weighted by Gasteiger charge is -2.32. The minimum Gasteiger partial charge on any atom is -0.496 e. The standard InChI is InChI=1S/C12H14N2O5/c1-19-11-6-8(14(17)18)2-3-10(11)12(16)13-7-4-9(15)5-7/h2-3,6-7,9,15H,4-5H2,1H3,(H,13,16). The number of nitrogens with zero attached hydrogens (tertiary/aromatic N) is 1. The summed E-state index contributed by atoms with van der Waals surface area (Å²) in [5, 5.41) is 22.5. The number of nitro benzene ring substituents is 1. The zero-order valence-corrected chi connectivity index (χ0v) is 10.3. The van der Waals surface area contributed by atoms with Crippen LogP contribution in [0, 0.1) is 10.1 Å². The lowest BCUT2D eigenvalue weighted by Crippen LogP contribution is -2.46. The summed E-state index contributed by atoms with van der Waals surface area (Å²) in [6.45, 7) is 0. The Morgan fingerprint density at radius 1 is 1.53 bits per heavy atom. The molecule has 2 rings (SSSR count). The van der Waals surface area contributed by atoms with Gasteiger partial charge < -0.3 is 15.2 Å². The number of rotatable bonds is 4. The van der Waals surface area contributed by atoms with Crippen molar-refractivity contribution in [1.29, 1.82) is 0 Å². The Bertz CT molecular complexity index is 511. The summed E-state index contributed by atoms with van der Waals surface area (Å²) in [4.78, 5) is 22.1. The predicted octanol–water partition coefficient (Wildman–Crippen LogP) is 0.856. The van der Waals surface area contributed by atoms with E-state index in [2.05, 4.69) is 5.32 Å². The molecule has 0 aromatic heterocycles. The Morgan fingerprint density at radius 3 is 2.74 bits per heavy atom. The van der Waals surface area contributed by atoms with E-state index in [1.807, 2.05) is 0 Å². The maximum absolute atomic E-state index is 12.0. The second-order valence-corrected chi connectivity index (χ2v) is 4.44. The van der Waals surface area contributed by atoms with Crippen molar-refractivity contribution in [2.45, 2.75) is 25.0 Å². The van der Waals surface area contributed by atoms with Gasteiger partial charge in [-0.1, -0.05) is 0 Å². The van der Waals surface area contributed by atoms with Gasteiger partial charge in [0.25, 0.3) is 11.6 Å². The molecule has 0 atom stereocenters. The van der Waals surface area contributed by atoms with Gasteiger partial charge in [0, 0.05) is 12.1 Å². The highest BCUT2D eigenvalue weighted by Crippen LogP contribution is 2.26. The van der Waals surface area contributed by atoms with E-state index in [-0.39, 0.29) is 35.1 Å². The molecule has 0 heterocycles. The maximum Gasteiger partial charge on any atom is 0.273 e. The number of hydrogen-bond donors (Lipinski definition) is 2. The summed E-state index contributed by atoms with van der Waals surface area (Å²) in [7, 11) is 1.35. The van der Waals surface area contributed by atoms with Crippen LogP contribution in [-0.2, 0) is 0 Å². The zero-order valence-electron chi connectivity index (χ0n) is 10.3. The minimum absolute atomic E-state index is 0.0533. The number of hydrogen-bond acceptors (Lipinski definition) is 5. The molecule has 1 aromatic rings. The van der Waals surface area contributed by atoms with Crippen molar-refractivity contribution >= 4 is 11.6 Å². The Balaban J connectivity index is 2.14. The van der Waals surface area contributed by atoms with Gasteiger partial charge in [-0.25, -0.2) is 0 Å². The van der Waals surface area contributed by atoms with Crippen molar-refractivity contribution in [3.05, 3.63) is 33.9 Å². The number of aliphatic hydroxyl groups is 1. The van der Waals surface area contributed by atoms with Crippen LogP contribution in [0.4, 0.5) is 5.69 Å². The first kappa shape index (κ1) is 13.3. The number of benzene rings is 1. The molecule has 1 amide bonds. The van der Waals surface area contributed by atoms with Crippen LogP contribution in [0.5, 0.6) is 5.75 Å². The van der Waals surface area contributed by atoms with Gasteiger partial charge in [0.15, 0.2) is 0 Å². The van der Waals surface area contributed by atoms with Crippen molar-refractivity contribution in [2.75, 3.05) is 7.11 Å². The highest BCUT2D eigenvalue weighted by atomic mass is 16.6. The molecular weight excluding hydrogens is 252 g/mol. The minimum atomic E-state index is -0.549. The third-order valence-corrected chi connectivity index (χ3v) is 3.09. The van der Waals surface area contributed by atoms with Crippen LogP contribution in [0.2, 0.25) is 0 Å². The molecule has 2 N–H and O–H groups in total. The smallest absolute Gasteiger partial charge is 0.273 e. The van der Waals surface area contributed by atoms with Crippen LogP contribution in [0.15, 0.2) is 18.2 Å². The Kier molecular flexibility index (Phi) is 3.66. The number of aliphatic hydroxyl groups excluding tert-OH is 1. The van der Waals surface area contributed by atoms with Crippen molar-refractivity contribution in [3.63, 3.8) is 0 Å². The first-order valence-electron chi connectivity index (χ1n) is 5.82. The third-order valence-electron chi connectivity index (χ3n) is 3.09. The van der Waals surface area contributed by atoms with Crippen LogP contribution in [0.3, 0.4) is 0 Å². The van der Waals surface area contributed by atoms with Crippen molar-refractivity contribution in [3.8, 4) is 5.75 Å². The molecule has 0 aliphatic heterocycles. The van der Waals surface area contributed by atoms with Gasteiger partial charge in [-0.3, -0.25) is 14.9 Å². The summed E-state index contributed by atoms with van der Waals surface area (Å²) < 4.78 is 5.00. The fourth-order valence-electron chi connectivity index (χ4n) is 1.95. The monoisotopic (exact) mass is 266 g/mol. The summed E-state index contributed by atoms with van der Waals surface area (Å²) in [6, 6.07) is 3.78. The molecular formula is C12H14N2O5. The third kappa shape index (κ3) is 2.82. The molecule has 0 bridgehead atoms. The van der Waals surface area contributed by atoms with Gasteiger partial charge >= 0.3 is 0 Å². The summed E-state index contributed by atoms with van der Waals surface area (Å²) in [6.07, 6.45) is 0.700. The van der Waals surface area contributed by atoms with Crippen molar-refractivity contribution in [2.24, 2.45) is 0 Å². The SMILES string of the molecule is COc1cc([N+](=O)[O-])ccc1C(=O)NC1CC(O)C1. The van der Waals surface area contributed by atoms with Gasteiger partial charge in [-0.15, -0.1) is 0 Å². The lowest BCUT2D eigenvalue weighted by atomic mass is 9.89. The van der Waals surface area contributed by atoms with Gasteiger partial charge in [0.2, 0.25) is 0 Å². The molecule has 0 spiro atoms. The van der Waals surface area contributed by atoms with Gasteiger partial charge in [-0.05, 0) is 18.9 Å². The number of nitro groups is 1. The van der Waals surface area contributed by atoms with E-state index in [4.69, 9.17) is 9.84 Å². The predicted molar refractivity (Wildman–Crippen MR) is 66.1 cm³/mol. The number of carbonyl (C=O) groups excluding carboxylic acids is 1. The number of amides is 1. The molecule has 0 unspecified atom stereocenters. The number of methoxy groups -OCH3 is 1. The first-order chi connectivity index (χ1) is 9.01. The topological polar surface area (TPSA) is 102 Å².